The molecule has 0 atom stereocenters. The molecule has 0 spiro atoms. The molecule has 84 valence electrons. The molecule has 2 rings (SSSR count). The Labute approximate surface area is 99.3 Å². The van der Waals surface area contributed by atoms with Gasteiger partial charge in [-0.3, -0.25) is 0 Å². The molecule has 0 aliphatic rings. The molecule has 0 unspecified atom stereocenters. The summed E-state index contributed by atoms with van der Waals surface area (Å²) in [6, 6.07) is 7.61. The van der Waals surface area contributed by atoms with Crippen LogP contribution in [0.2, 0.25) is 5.02 Å². The highest BCUT2D eigenvalue weighted by Crippen LogP contribution is 2.15. The summed E-state index contributed by atoms with van der Waals surface area (Å²) >= 11 is 5.89. The minimum atomic E-state index is 0.647. The Kier molecular flexibility index (Phi) is 3.41. The fourth-order valence-corrected chi connectivity index (χ4v) is 1.66. The molecule has 0 fully saturated rings. The highest BCUT2D eigenvalue weighted by molar-refractivity contribution is 6.30. The molecule has 0 saturated carbocycles. The molecule has 5 heteroatoms. The lowest BCUT2D eigenvalue weighted by atomic mass is 10.3. The number of nitrogens with zero attached hydrogens (tertiary/aromatic N) is 3. The third-order valence-corrected chi connectivity index (χ3v) is 2.51. The zero-order valence-electron chi connectivity index (χ0n) is 9.02. The first-order valence-electron chi connectivity index (χ1n) is 5.15. The predicted octanol–water partition coefficient (Wildman–Crippen LogP) is 2.56. The molecule has 4 nitrogen and oxygen atoms in total. The van der Waals surface area contributed by atoms with Gasteiger partial charge in [-0.15, -0.1) is 0 Å². The molecule has 1 heterocycles. The van der Waals surface area contributed by atoms with Gasteiger partial charge in [0.2, 0.25) is 0 Å². The number of rotatable bonds is 4. The van der Waals surface area contributed by atoms with Crippen molar-refractivity contribution in [1.82, 2.24) is 14.8 Å². The number of aromatic nitrogens is 3. The van der Waals surface area contributed by atoms with E-state index in [4.69, 9.17) is 11.6 Å². The van der Waals surface area contributed by atoms with E-state index in [1.807, 2.05) is 35.9 Å². The lowest BCUT2D eigenvalue weighted by molar-refractivity contribution is 0.622. The summed E-state index contributed by atoms with van der Waals surface area (Å²) in [6.45, 7) is 3.51. The standard InChI is InChI=1S/C11H13ClN4/c1-2-16-11(14-8-15-16)7-13-10-5-3-4-9(12)6-10/h3-6,8,13H,2,7H2,1H3. The molecular formula is C11H13ClN4. The minimum Gasteiger partial charge on any atom is -0.378 e. The molecule has 1 N–H and O–H groups in total. The number of aryl methyl sites for hydroxylation is 1. The second-order valence-corrected chi connectivity index (χ2v) is 3.79. The summed E-state index contributed by atoms with van der Waals surface area (Å²) < 4.78 is 1.86. The van der Waals surface area contributed by atoms with Crippen LogP contribution in [0.15, 0.2) is 30.6 Å². The van der Waals surface area contributed by atoms with Crippen LogP contribution in [-0.2, 0) is 13.1 Å². The first-order valence-corrected chi connectivity index (χ1v) is 5.53. The number of hydrogen-bond donors (Lipinski definition) is 1. The summed E-state index contributed by atoms with van der Waals surface area (Å²) in [5.74, 6) is 0.919. The van der Waals surface area contributed by atoms with Crippen molar-refractivity contribution in [3.8, 4) is 0 Å². The number of nitrogens with one attached hydrogen (secondary N) is 1. The Morgan fingerprint density at radius 3 is 3.06 bits per heavy atom. The number of benzene rings is 1. The minimum absolute atomic E-state index is 0.647. The average Bonchev–Trinajstić information content (AvgIpc) is 2.74. The monoisotopic (exact) mass is 236 g/mol. The van der Waals surface area contributed by atoms with Crippen LogP contribution < -0.4 is 5.32 Å². The van der Waals surface area contributed by atoms with E-state index < -0.39 is 0 Å². The van der Waals surface area contributed by atoms with Crippen molar-refractivity contribution in [2.24, 2.45) is 0 Å². The topological polar surface area (TPSA) is 42.7 Å². The van der Waals surface area contributed by atoms with E-state index in [-0.39, 0.29) is 0 Å². The quantitative estimate of drug-likeness (QED) is 0.887. The molecule has 0 bridgehead atoms. The first-order chi connectivity index (χ1) is 7.79. The summed E-state index contributed by atoms with van der Waals surface area (Å²) in [6.07, 6.45) is 1.57. The lowest BCUT2D eigenvalue weighted by Crippen LogP contribution is -2.08. The fraction of sp³-hybridized carbons (Fsp3) is 0.273. The summed E-state index contributed by atoms with van der Waals surface area (Å²) in [4.78, 5) is 4.18. The van der Waals surface area contributed by atoms with Gasteiger partial charge in [-0.1, -0.05) is 17.7 Å². The molecule has 1 aromatic carbocycles. The maximum atomic E-state index is 5.89. The van der Waals surface area contributed by atoms with Crippen LogP contribution >= 0.6 is 11.6 Å². The van der Waals surface area contributed by atoms with Gasteiger partial charge in [-0.25, -0.2) is 9.67 Å². The molecule has 0 radical (unpaired) electrons. The van der Waals surface area contributed by atoms with Crippen molar-refractivity contribution in [2.75, 3.05) is 5.32 Å². The van der Waals surface area contributed by atoms with E-state index in [9.17, 15) is 0 Å². The van der Waals surface area contributed by atoms with Crippen LogP contribution in [0.4, 0.5) is 5.69 Å². The highest BCUT2D eigenvalue weighted by Gasteiger charge is 2.01. The van der Waals surface area contributed by atoms with E-state index in [1.165, 1.54) is 0 Å². The van der Waals surface area contributed by atoms with Crippen LogP contribution in [0.25, 0.3) is 0 Å². The Bertz CT molecular complexity index is 467. The molecule has 0 saturated heterocycles. The zero-order valence-corrected chi connectivity index (χ0v) is 9.78. The predicted molar refractivity (Wildman–Crippen MR) is 64.5 cm³/mol. The van der Waals surface area contributed by atoms with Crippen LogP contribution in [-0.4, -0.2) is 14.8 Å². The Balaban J connectivity index is 2.02. The van der Waals surface area contributed by atoms with Gasteiger partial charge in [0.1, 0.15) is 12.2 Å². The van der Waals surface area contributed by atoms with Crippen LogP contribution in [0.5, 0.6) is 0 Å². The van der Waals surface area contributed by atoms with Gasteiger partial charge in [0.05, 0.1) is 6.54 Å². The van der Waals surface area contributed by atoms with Crippen molar-refractivity contribution >= 4 is 17.3 Å². The van der Waals surface area contributed by atoms with Crippen LogP contribution in [0.3, 0.4) is 0 Å². The second-order valence-electron chi connectivity index (χ2n) is 3.36. The SMILES string of the molecule is CCn1ncnc1CNc1cccc(Cl)c1. The van der Waals surface area contributed by atoms with Gasteiger partial charge in [0, 0.05) is 17.3 Å². The van der Waals surface area contributed by atoms with Crippen molar-refractivity contribution in [3.05, 3.63) is 41.4 Å². The Morgan fingerprint density at radius 2 is 2.31 bits per heavy atom. The van der Waals surface area contributed by atoms with Crippen molar-refractivity contribution < 1.29 is 0 Å². The molecule has 2 aromatic rings. The molecule has 16 heavy (non-hydrogen) atoms. The first kappa shape index (κ1) is 11.0. The number of anilines is 1. The molecule has 0 amide bonds. The Morgan fingerprint density at radius 1 is 1.44 bits per heavy atom. The third-order valence-electron chi connectivity index (χ3n) is 2.27. The van der Waals surface area contributed by atoms with E-state index in [1.54, 1.807) is 6.33 Å². The van der Waals surface area contributed by atoms with Crippen molar-refractivity contribution in [2.45, 2.75) is 20.0 Å². The van der Waals surface area contributed by atoms with Gasteiger partial charge in [0.25, 0.3) is 0 Å². The summed E-state index contributed by atoms with van der Waals surface area (Å²) in [5, 5.41) is 8.08. The largest absolute Gasteiger partial charge is 0.378 e. The maximum absolute atomic E-state index is 5.89. The van der Waals surface area contributed by atoms with Gasteiger partial charge in [0.15, 0.2) is 0 Å². The Hall–Kier alpha value is -1.55. The van der Waals surface area contributed by atoms with Gasteiger partial charge in [-0.05, 0) is 25.1 Å². The normalized spacial score (nSPS) is 10.4. The third kappa shape index (κ3) is 2.52. The van der Waals surface area contributed by atoms with Crippen LogP contribution in [0, 0.1) is 0 Å². The van der Waals surface area contributed by atoms with E-state index in [2.05, 4.69) is 15.4 Å². The van der Waals surface area contributed by atoms with E-state index >= 15 is 0 Å². The van der Waals surface area contributed by atoms with E-state index in [0.29, 0.717) is 6.54 Å². The van der Waals surface area contributed by atoms with Crippen molar-refractivity contribution in [1.29, 1.82) is 0 Å². The van der Waals surface area contributed by atoms with Gasteiger partial charge in [-0.2, -0.15) is 5.10 Å². The van der Waals surface area contributed by atoms with Crippen LogP contribution in [0.1, 0.15) is 12.7 Å². The molecule has 1 aromatic heterocycles. The number of halogens is 1. The summed E-state index contributed by atoms with van der Waals surface area (Å²) in [7, 11) is 0. The molecule has 0 aliphatic heterocycles. The second kappa shape index (κ2) is 4.99. The highest BCUT2D eigenvalue weighted by atomic mass is 35.5. The van der Waals surface area contributed by atoms with Gasteiger partial charge < -0.3 is 5.32 Å². The van der Waals surface area contributed by atoms with Gasteiger partial charge >= 0.3 is 0 Å². The zero-order chi connectivity index (χ0) is 11.4. The smallest absolute Gasteiger partial charge is 0.146 e. The van der Waals surface area contributed by atoms with Crippen molar-refractivity contribution in [3.63, 3.8) is 0 Å². The maximum Gasteiger partial charge on any atom is 0.146 e. The summed E-state index contributed by atoms with van der Waals surface area (Å²) in [5.41, 5.74) is 0.984. The molecular weight excluding hydrogens is 224 g/mol. The average molecular weight is 237 g/mol. The molecule has 0 aliphatic carbocycles. The fourth-order valence-electron chi connectivity index (χ4n) is 1.47. The van der Waals surface area contributed by atoms with E-state index in [0.717, 1.165) is 23.1 Å². The number of hydrogen-bond acceptors (Lipinski definition) is 3. The lowest BCUT2D eigenvalue weighted by Gasteiger charge is -2.06.